The minimum absolute atomic E-state index is 0.597. The van der Waals surface area contributed by atoms with Crippen LogP contribution < -0.4 is 10.6 Å². The quantitative estimate of drug-likeness (QED) is 0.763. The summed E-state index contributed by atoms with van der Waals surface area (Å²) in [6.45, 7) is 6.36. The predicted octanol–water partition coefficient (Wildman–Crippen LogP) is 2.15. The lowest BCUT2D eigenvalue weighted by atomic mass is 10.1. The van der Waals surface area contributed by atoms with Crippen LogP contribution in [0.2, 0.25) is 0 Å². The maximum absolute atomic E-state index is 3.49. The van der Waals surface area contributed by atoms with Gasteiger partial charge in [0.25, 0.3) is 0 Å². The zero-order valence-corrected chi connectivity index (χ0v) is 8.93. The number of rotatable bonds is 3. The molecule has 0 saturated heterocycles. The summed E-state index contributed by atoms with van der Waals surface area (Å²) in [7, 11) is 0. The molecule has 0 amide bonds. The highest BCUT2D eigenvalue weighted by Gasteiger charge is 2.15. The van der Waals surface area contributed by atoms with Gasteiger partial charge in [-0.05, 0) is 37.1 Å². The number of hydrogen-bond donors (Lipinski definition) is 2. The Labute approximate surface area is 85.7 Å². The van der Waals surface area contributed by atoms with Gasteiger partial charge >= 0.3 is 0 Å². The van der Waals surface area contributed by atoms with Crippen LogP contribution >= 0.6 is 0 Å². The Morgan fingerprint density at radius 3 is 3.14 bits per heavy atom. The van der Waals surface area contributed by atoms with Crippen molar-refractivity contribution >= 4 is 5.69 Å². The first-order valence-corrected chi connectivity index (χ1v) is 5.38. The highest BCUT2D eigenvalue weighted by atomic mass is 14.9. The molecule has 0 bridgehead atoms. The molecule has 1 aromatic rings. The van der Waals surface area contributed by atoms with Gasteiger partial charge in [0.15, 0.2) is 0 Å². The number of fused-ring (bicyclic) bond motifs is 1. The summed E-state index contributed by atoms with van der Waals surface area (Å²) in [5, 5.41) is 6.83. The van der Waals surface area contributed by atoms with E-state index in [1.165, 1.54) is 16.8 Å². The van der Waals surface area contributed by atoms with Crippen LogP contribution in [0.3, 0.4) is 0 Å². The van der Waals surface area contributed by atoms with Crippen LogP contribution in [0.5, 0.6) is 0 Å². The average molecular weight is 190 g/mol. The van der Waals surface area contributed by atoms with Gasteiger partial charge in [-0.25, -0.2) is 0 Å². The molecular weight excluding hydrogens is 172 g/mol. The van der Waals surface area contributed by atoms with E-state index < -0.39 is 0 Å². The van der Waals surface area contributed by atoms with Crippen molar-refractivity contribution in [3.05, 3.63) is 29.3 Å². The van der Waals surface area contributed by atoms with Gasteiger partial charge in [-0.1, -0.05) is 19.1 Å². The molecule has 1 heterocycles. The predicted molar refractivity (Wildman–Crippen MR) is 60.6 cm³/mol. The van der Waals surface area contributed by atoms with E-state index >= 15 is 0 Å². The van der Waals surface area contributed by atoms with Crippen LogP contribution in [0.15, 0.2) is 18.2 Å². The maximum Gasteiger partial charge on any atom is 0.0378 e. The van der Waals surface area contributed by atoms with Gasteiger partial charge in [0.1, 0.15) is 0 Å². The topological polar surface area (TPSA) is 24.1 Å². The molecule has 0 aromatic heterocycles. The van der Waals surface area contributed by atoms with Gasteiger partial charge in [0.2, 0.25) is 0 Å². The van der Waals surface area contributed by atoms with E-state index in [0.29, 0.717) is 6.04 Å². The first-order chi connectivity index (χ1) is 6.79. The van der Waals surface area contributed by atoms with Gasteiger partial charge in [0, 0.05) is 18.3 Å². The molecule has 1 aromatic carbocycles. The molecule has 0 radical (unpaired) electrons. The van der Waals surface area contributed by atoms with E-state index in [2.05, 4.69) is 42.7 Å². The lowest BCUT2D eigenvalue weighted by Gasteiger charge is -2.06. The summed E-state index contributed by atoms with van der Waals surface area (Å²) in [4.78, 5) is 0. The third kappa shape index (κ3) is 1.90. The molecule has 14 heavy (non-hydrogen) atoms. The van der Waals surface area contributed by atoms with Crippen LogP contribution in [0.4, 0.5) is 5.69 Å². The van der Waals surface area contributed by atoms with Crippen LogP contribution in [-0.4, -0.2) is 12.6 Å². The third-order valence-corrected chi connectivity index (χ3v) is 2.68. The number of nitrogens with one attached hydrogen (secondary N) is 2. The van der Waals surface area contributed by atoms with Gasteiger partial charge < -0.3 is 10.6 Å². The minimum atomic E-state index is 0.597. The first-order valence-electron chi connectivity index (χ1n) is 5.38. The lowest BCUT2D eigenvalue weighted by Crippen LogP contribution is -2.12. The van der Waals surface area contributed by atoms with Crippen molar-refractivity contribution in [3.63, 3.8) is 0 Å². The molecule has 1 unspecified atom stereocenters. The average Bonchev–Trinajstić information content (AvgIpc) is 2.54. The standard InChI is InChI=1S/C12H18N2/c1-3-13-8-10-4-5-11-6-9(2)14-12(11)7-10/h4-5,7,9,13-14H,3,6,8H2,1-2H3. The first kappa shape index (κ1) is 9.53. The summed E-state index contributed by atoms with van der Waals surface area (Å²) in [5.41, 5.74) is 4.15. The monoisotopic (exact) mass is 190 g/mol. The Balaban J connectivity index is 2.12. The summed E-state index contributed by atoms with van der Waals surface area (Å²) in [5.74, 6) is 0. The van der Waals surface area contributed by atoms with Crippen molar-refractivity contribution in [1.82, 2.24) is 5.32 Å². The zero-order valence-electron chi connectivity index (χ0n) is 8.93. The van der Waals surface area contributed by atoms with E-state index in [0.717, 1.165) is 19.5 Å². The fourth-order valence-corrected chi connectivity index (χ4v) is 1.96. The highest BCUT2D eigenvalue weighted by molar-refractivity contribution is 5.58. The van der Waals surface area contributed by atoms with Gasteiger partial charge in [-0.2, -0.15) is 0 Å². The molecule has 2 rings (SSSR count). The van der Waals surface area contributed by atoms with Gasteiger partial charge in [-0.3, -0.25) is 0 Å². The Morgan fingerprint density at radius 1 is 1.50 bits per heavy atom. The van der Waals surface area contributed by atoms with E-state index in [1.54, 1.807) is 0 Å². The molecule has 0 saturated carbocycles. The lowest BCUT2D eigenvalue weighted by molar-refractivity contribution is 0.727. The molecule has 1 aliphatic rings. The second-order valence-corrected chi connectivity index (χ2v) is 4.02. The SMILES string of the molecule is CCNCc1ccc2c(c1)NC(C)C2. The normalized spacial score (nSPS) is 19.1. The summed E-state index contributed by atoms with van der Waals surface area (Å²) in [6, 6.07) is 7.33. The van der Waals surface area contributed by atoms with Crippen molar-refractivity contribution in [2.45, 2.75) is 32.9 Å². The molecule has 0 spiro atoms. The van der Waals surface area contributed by atoms with Crippen LogP contribution in [0.25, 0.3) is 0 Å². The summed E-state index contributed by atoms with van der Waals surface area (Å²) in [6.07, 6.45) is 1.16. The van der Waals surface area contributed by atoms with Crippen molar-refractivity contribution in [1.29, 1.82) is 0 Å². The van der Waals surface area contributed by atoms with Crippen molar-refractivity contribution in [2.24, 2.45) is 0 Å². The molecule has 2 nitrogen and oxygen atoms in total. The molecule has 0 fully saturated rings. The van der Waals surface area contributed by atoms with E-state index in [9.17, 15) is 0 Å². The number of anilines is 1. The van der Waals surface area contributed by atoms with Crippen molar-refractivity contribution < 1.29 is 0 Å². The summed E-state index contributed by atoms with van der Waals surface area (Å²) < 4.78 is 0. The molecular formula is C12H18N2. The van der Waals surface area contributed by atoms with Crippen molar-refractivity contribution in [2.75, 3.05) is 11.9 Å². The molecule has 2 N–H and O–H groups in total. The van der Waals surface area contributed by atoms with Crippen LogP contribution in [0.1, 0.15) is 25.0 Å². The van der Waals surface area contributed by atoms with Crippen LogP contribution in [-0.2, 0) is 13.0 Å². The van der Waals surface area contributed by atoms with Crippen LogP contribution in [0, 0.1) is 0 Å². The largest absolute Gasteiger partial charge is 0.382 e. The Bertz CT molecular complexity index is 320. The maximum atomic E-state index is 3.49. The molecule has 1 atom stereocenters. The molecule has 0 aliphatic carbocycles. The third-order valence-electron chi connectivity index (χ3n) is 2.68. The Kier molecular flexibility index (Phi) is 2.73. The highest BCUT2D eigenvalue weighted by Crippen LogP contribution is 2.26. The van der Waals surface area contributed by atoms with E-state index in [1.807, 2.05) is 0 Å². The molecule has 2 heteroatoms. The van der Waals surface area contributed by atoms with E-state index in [-0.39, 0.29) is 0 Å². The number of benzene rings is 1. The van der Waals surface area contributed by atoms with E-state index in [4.69, 9.17) is 0 Å². The van der Waals surface area contributed by atoms with Gasteiger partial charge in [-0.15, -0.1) is 0 Å². The number of hydrogen-bond acceptors (Lipinski definition) is 2. The van der Waals surface area contributed by atoms with Gasteiger partial charge in [0.05, 0.1) is 0 Å². The fraction of sp³-hybridized carbons (Fsp3) is 0.500. The summed E-state index contributed by atoms with van der Waals surface area (Å²) >= 11 is 0. The molecule has 1 aliphatic heterocycles. The Morgan fingerprint density at radius 2 is 2.36 bits per heavy atom. The second-order valence-electron chi connectivity index (χ2n) is 4.02. The smallest absolute Gasteiger partial charge is 0.0378 e. The second kappa shape index (κ2) is 4.01. The fourth-order valence-electron chi connectivity index (χ4n) is 1.96. The van der Waals surface area contributed by atoms with Crippen molar-refractivity contribution in [3.8, 4) is 0 Å². The molecule has 76 valence electrons. The Hall–Kier alpha value is -1.02. The minimum Gasteiger partial charge on any atom is -0.382 e. The zero-order chi connectivity index (χ0) is 9.97.